The van der Waals surface area contributed by atoms with Gasteiger partial charge in [-0.15, -0.1) is 0 Å². The molecular weight excluding hydrogens is 332 g/mol. The molecule has 0 saturated carbocycles. The monoisotopic (exact) mass is 354 g/mol. The number of ether oxygens (including phenoxy) is 2. The molecule has 136 valence electrons. The predicted molar refractivity (Wildman–Crippen MR) is 96.2 cm³/mol. The second kappa shape index (κ2) is 6.61. The first-order chi connectivity index (χ1) is 12.6. The summed E-state index contributed by atoms with van der Waals surface area (Å²) in [7, 11) is 0. The van der Waals surface area contributed by atoms with E-state index in [1.807, 2.05) is 37.3 Å². The predicted octanol–water partition coefficient (Wildman–Crippen LogP) is 2.33. The van der Waals surface area contributed by atoms with Crippen LogP contribution in [0.3, 0.4) is 0 Å². The number of rotatable bonds is 3. The summed E-state index contributed by atoms with van der Waals surface area (Å²) < 4.78 is 13.5. The Balaban J connectivity index is 1.74. The largest absolute Gasteiger partial charge is 0.483 e. The van der Waals surface area contributed by atoms with Gasteiger partial charge < -0.3 is 18.9 Å². The lowest BCUT2D eigenvalue weighted by Gasteiger charge is -2.44. The van der Waals surface area contributed by atoms with E-state index in [9.17, 15) is 9.59 Å². The molecule has 0 bridgehead atoms. The van der Waals surface area contributed by atoms with E-state index in [0.717, 1.165) is 12.0 Å². The third-order valence-electron chi connectivity index (χ3n) is 5.06. The molecule has 1 unspecified atom stereocenters. The van der Waals surface area contributed by atoms with Gasteiger partial charge in [-0.25, -0.2) is 0 Å². The first-order valence-corrected chi connectivity index (χ1v) is 8.91. The molecule has 0 aliphatic carbocycles. The Morgan fingerprint density at radius 2 is 2.00 bits per heavy atom. The fourth-order valence-corrected chi connectivity index (χ4v) is 3.64. The van der Waals surface area contributed by atoms with Crippen LogP contribution in [0.2, 0.25) is 0 Å². The van der Waals surface area contributed by atoms with Gasteiger partial charge in [0, 0.05) is 17.8 Å². The summed E-state index contributed by atoms with van der Waals surface area (Å²) >= 11 is 0. The SMILES string of the molecule is Cc1cn2c(c(OCc3ccccc3)c1=O)C(=O)N1C(C2)OCC[C@H]1C. The van der Waals surface area contributed by atoms with E-state index in [0.29, 0.717) is 24.4 Å². The molecule has 1 aromatic heterocycles. The highest BCUT2D eigenvalue weighted by atomic mass is 16.5. The number of fused-ring (bicyclic) bond motifs is 2. The molecule has 0 radical (unpaired) electrons. The van der Waals surface area contributed by atoms with Gasteiger partial charge in [0.15, 0.2) is 17.7 Å². The van der Waals surface area contributed by atoms with E-state index in [1.54, 1.807) is 22.6 Å². The molecule has 1 amide bonds. The van der Waals surface area contributed by atoms with Gasteiger partial charge >= 0.3 is 0 Å². The van der Waals surface area contributed by atoms with Crippen molar-refractivity contribution in [1.82, 2.24) is 9.47 Å². The lowest BCUT2D eigenvalue weighted by atomic mass is 10.1. The Kier molecular flexibility index (Phi) is 4.28. The van der Waals surface area contributed by atoms with E-state index < -0.39 is 0 Å². The molecule has 2 aliphatic heterocycles. The van der Waals surface area contributed by atoms with Crippen molar-refractivity contribution < 1.29 is 14.3 Å². The molecule has 0 N–H and O–H groups in total. The fraction of sp³-hybridized carbons (Fsp3) is 0.400. The van der Waals surface area contributed by atoms with Crippen molar-refractivity contribution in [2.75, 3.05) is 6.61 Å². The molecule has 0 spiro atoms. The van der Waals surface area contributed by atoms with Crippen molar-refractivity contribution in [3.63, 3.8) is 0 Å². The number of aryl methyl sites for hydroxylation is 1. The van der Waals surface area contributed by atoms with Crippen LogP contribution in [0.1, 0.15) is 35.0 Å². The minimum Gasteiger partial charge on any atom is -0.483 e. The molecule has 1 saturated heterocycles. The summed E-state index contributed by atoms with van der Waals surface area (Å²) in [4.78, 5) is 27.6. The maximum Gasteiger partial charge on any atom is 0.276 e. The molecule has 6 heteroatoms. The Bertz CT molecular complexity index is 891. The maximum absolute atomic E-state index is 13.2. The topological polar surface area (TPSA) is 60.8 Å². The van der Waals surface area contributed by atoms with Crippen LogP contribution in [0, 0.1) is 6.92 Å². The normalized spacial score (nSPS) is 21.9. The third kappa shape index (κ3) is 2.80. The van der Waals surface area contributed by atoms with E-state index in [-0.39, 0.29) is 36.0 Å². The third-order valence-corrected chi connectivity index (χ3v) is 5.06. The Morgan fingerprint density at radius 1 is 1.23 bits per heavy atom. The zero-order valence-corrected chi connectivity index (χ0v) is 15.0. The molecule has 2 aliphatic rings. The summed E-state index contributed by atoms with van der Waals surface area (Å²) in [5.41, 5.74) is 1.60. The van der Waals surface area contributed by atoms with Crippen molar-refractivity contribution in [3.8, 4) is 5.75 Å². The summed E-state index contributed by atoms with van der Waals surface area (Å²) in [6.07, 6.45) is 2.23. The van der Waals surface area contributed by atoms with Crippen molar-refractivity contribution >= 4 is 5.91 Å². The van der Waals surface area contributed by atoms with Crippen LogP contribution >= 0.6 is 0 Å². The number of pyridine rings is 1. The zero-order chi connectivity index (χ0) is 18.3. The smallest absolute Gasteiger partial charge is 0.276 e. The molecular formula is C20H22N2O4. The van der Waals surface area contributed by atoms with Gasteiger partial charge in [-0.2, -0.15) is 0 Å². The molecule has 2 aromatic rings. The lowest BCUT2D eigenvalue weighted by molar-refractivity contribution is -0.112. The summed E-state index contributed by atoms with van der Waals surface area (Å²) in [6.45, 7) is 5.15. The number of hydrogen-bond acceptors (Lipinski definition) is 4. The van der Waals surface area contributed by atoms with Gasteiger partial charge in [0.1, 0.15) is 6.61 Å². The van der Waals surface area contributed by atoms with Crippen LogP contribution in [0.25, 0.3) is 0 Å². The van der Waals surface area contributed by atoms with Crippen LogP contribution in [-0.4, -0.2) is 34.3 Å². The van der Waals surface area contributed by atoms with Gasteiger partial charge in [0.05, 0.1) is 13.2 Å². The average Bonchev–Trinajstić information content (AvgIpc) is 2.63. The highest BCUT2D eigenvalue weighted by molar-refractivity contribution is 5.96. The van der Waals surface area contributed by atoms with Gasteiger partial charge in [-0.05, 0) is 25.8 Å². The average molecular weight is 354 g/mol. The second-order valence-electron chi connectivity index (χ2n) is 6.92. The number of aromatic nitrogens is 1. The zero-order valence-electron chi connectivity index (χ0n) is 15.0. The lowest BCUT2D eigenvalue weighted by Crippen LogP contribution is -2.57. The molecule has 26 heavy (non-hydrogen) atoms. The van der Waals surface area contributed by atoms with Gasteiger partial charge in [0.2, 0.25) is 5.43 Å². The highest BCUT2D eigenvalue weighted by Gasteiger charge is 2.40. The molecule has 6 nitrogen and oxygen atoms in total. The van der Waals surface area contributed by atoms with E-state index in [1.165, 1.54) is 0 Å². The molecule has 3 heterocycles. The standard InChI is InChI=1S/C20H22N2O4/c1-13-10-21-11-16-22(14(2)8-9-25-16)20(24)17(21)19(18(13)23)26-12-15-6-4-3-5-7-15/h3-7,10,14,16H,8-9,11-12H2,1-2H3/t14-,16?/m1/s1. The molecule has 2 atom stereocenters. The van der Waals surface area contributed by atoms with Crippen LogP contribution in [0.15, 0.2) is 41.3 Å². The van der Waals surface area contributed by atoms with Crippen LogP contribution in [0.5, 0.6) is 5.75 Å². The van der Waals surface area contributed by atoms with Crippen molar-refractivity contribution in [1.29, 1.82) is 0 Å². The Hall–Kier alpha value is -2.60. The summed E-state index contributed by atoms with van der Waals surface area (Å²) in [5.74, 6) is -0.0660. The summed E-state index contributed by atoms with van der Waals surface area (Å²) in [5, 5.41) is 0. The van der Waals surface area contributed by atoms with Crippen molar-refractivity contribution in [2.24, 2.45) is 0 Å². The molecule has 1 fully saturated rings. The Morgan fingerprint density at radius 3 is 2.77 bits per heavy atom. The minimum atomic E-state index is -0.289. The first-order valence-electron chi connectivity index (χ1n) is 8.91. The number of carbonyl (C=O) groups is 1. The number of nitrogens with zero attached hydrogens (tertiary/aromatic N) is 2. The summed E-state index contributed by atoms with van der Waals surface area (Å²) in [6, 6.07) is 9.69. The number of carbonyl (C=O) groups excluding carboxylic acids is 1. The van der Waals surface area contributed by atoms with E-state index in [2.05, 4.69) is 0 Å². The van der Waals surface area contributed by atoms with E-state index in [4.69, 9.17) is 9.47 Å². The Labute approximate surface area is 152 Å². The van der Waals surface area contributed by atoms with Gasteiger partial charge in [0.25, 0.3) is 5.91 Å². The molecule has 1 aromatic carbocycles. The fourth-order valence-electron chi connectivity index (χ4n) is 3.64. The second-order valence-corrected chi connectivity index (χ2v) is 6.92. The quantitative estimate of drug-likeness (QED) is 0.849. The van der Waals surface area contributed by atoms with Crippen LogP contribution < -0.4 is 10.2 Å². The van der Waals surface area contributed by atoms with E-state index >= 15 is 0 Å². The minimum absolute atomic E-state index is 0.0772. The van der Waals surface area contributed by atoms with Gasteiger partial charge in [-0.1, -0.05) is 30.3 Å². The van der Waals surface area contributed by atoms with Gasteiger partial charge in [-0.3, -0.25) is 9.59 Å². The van der Waals surface area contributed by atoms with Crippen molar-refractivity contribution in [2.45, 2.75) is 45.7 Å². The van der Waals surface area contributed by atoms with Crippen LogP contribution in [-0.2, 0) is 17.9 Å². The van der Waals surface area contributed by atoms with Crippen molar-refractivity contribution in [3.05, 3.63) is 63.6 Å². The number of benzene rings is 1. The number of hydrogen-bond donors (Lipinski definition) is 0. The first kappa shape index (κ1) is 16.8. The highest BCUT2D eigenvalue weighted by Crippen LogP contribution is 2.30. The number of amides is 1. The maximum atomic E-state index is 13.2. The van der Waals surface area contributed by atoms with Crippen LogP contribution in [0.4, 0.5) is 0 Å². The molecule has 4 rings (SSSR count).